The molecule has 0 saturated heterocycles. The summed E-state index contributed by atoms with van der Waals surface area (Å²) in [5.74, 6) is -0.263. The number of anilines is 1. The number of pyridine rings is 1. The molecule has 0 atom stereocenters. The third-order valence-corrected chi connectivity index (χ3v) is 6.87. The van der Waals surface area contributed by atoms with E-state index in [4.69, 9.17) is 0 Å². The maximum absolute atomic E-state index is 12.7. The van der Waals surface area contributed by atoms with E-state index < -0.39 is 26.8 Å². The van der Waals surface area contributed by atoms with Crippen LogP contribution in [0.3, 0.4) is 0 Å². The minimum absolute atomic E-state index is 0.00300. The first-order chi connectivity index (χ1) is 15.2. The predicted octanol–water partition coefficient (Wildman–Crippen LogP) is 4.93. The fraction of sp³-hybridized carbons (Fsp3) is 0.0952. The molecule has 0 aliphatic carbocycles. The van der Waals surface area contributed by atoms with Crippen LogP contribution >= 0.6 is 11.3 Å². The van der Waals surface area contributed by atoms with Crippen molar-refractivity contribution in [3.05, 3.63) is 101 Å². The Morgan fingerprint density at radius 1 is 0.844 bits per heavy atom. The Morgan fingerprint density at radius 3 is 1.94 bits per heavy atom. The highest BCUT2D eigenvalue weighted by Gasteiger charge is 2.33. The van der Waals surface area contributed by atoms with Crippen molar-refractivity contribution in [2.75, 3.05) is 4.72 Å². The van der Waals surface area contributed by atoms with E-state index in [2.05, 4.69) is 19.9 Å². The Bertz CT molecular complexity index is 1250. The zero-order chi connectivity index (χ0) is 22.8. The molecule has 0 bridgehead atoms. The summed E-state index contributed by atoms with van der Waals surface area (Å²) in [6, 6.07) is 20.6. The van der Waals surface area contributed by atoms with Crippen molar-refractivity contribution in [3.63, 3.8) is 0 Å². The lowest BCUT2D eigenvalue weighted by Crippen LogP contribution is -2.14. The summed E-state index contributed by atoms with van der Waals surface area (Å²) in [6.07, 6.45) is -4.00. The topological polar surface area (TPSA) is 84.8 Å². The summed E-state index contributed by atoms with van der Waals surface area (Å²) in [5.41, 5.74) is 0.732. The standard InChI is InChI=1S/C21H15F3N4O2S2/c22-21(23,24)17-12-11-16(13-25-17)32(29,30)28-20-27-26-19(31-20)18(14-7-3-1-4-8-14)15-9-5-2-6-10-15/h1-13,18H,(H,27,28). The molecule has 0 aliphatic rings. The summed E-state index contributed by atoms with van der Waals surface area (Å²) in [5, 5.41) is 8.66. The average Bonchev–Trinajstić information content (AvgIpc) is 3.22. The third kappa shape index (κ3) is 4.78. The number of benzene rings is 2. The Labute approximate surface area is 185 Å². The molecule has 0 saturated carbocycles. The van der Waals surface area contributed by atoms with Crippen LogP contribution in [0.2, 0.25) is 0 Å². The number of aromatic nitrogens is 3. The molecule has 2 heterocycles. The number of nitrogens with one attached hydrogen (secondary N) is 1. The van der Waals surface area contributed by atoms with Crippen molar-refractivity contribution in [1.29, 1.82) is 0 Å². The van der Waals surface area contributed by atoms with Gasteiger partial charge in [-0.15, -0.1) is 10.2 Å². The van der Waals surface area contributed by atoms with Crippen LogP contribution in [0.4, 0.5) is 18.3 Å². The van der Waals surface area contributed by atoms with Gasteiger partial charge < -0.3 is 0 Å². The zero-order valence-corrected chi connectivity index (χ0v) is 17.8. The average molecular weight is 477 g/mol. The van der Waals surface area contributed by atoms with E-state index >= 15 is 0 Å². The third-order valence-electron chi connectivity index (χ3n) is 4.51. The van der Waals surface area contributed by atoms with E-state index in [1.54, 1.807) is 0 Å². The van der Waals surface area contributed by atoms with Crippen LogP contribution in [0.25, 0.3) is 0 Å². The Balaban J connectivity index is 1.62. The van der Waals surface area contributed by atoms with Gasteiger partial charge in [0.1, 0.15) is 15.6 Å². The summed E-state index contributed by atoms with van der Waals surface area (Å²) in [7, 11) is -4.19. The molecular formula is C21H15F3N4O2S2. The molecule has 11 heteroatoms. The molecule has 0 amide bonds. The molecule has 4 rings (SSSR count). The number of nitrogens with zero attached hydrogens (tertiary/aromatic N) is 3. The second-order valence-corrected chi connectivity index (χ2v) is 9.37. The van der Waals surface area contributed by atoms with Crippen LogP contribution < -0.4 is 4.72 Å². The Hall–Kier alpha value is -3.31. The normalized spacial score (nSPS) is 12.1. The molecule has 4 aromatic rings. The lowest BCUT2D eigenvalue weighted by Gasteiger charge is -2.14. The molecule has 0 radical (unpaired) electrons. The summed E-state index contributed by atoms with van der Waals surface area (Å²) >= 11 is 1.05. The molecular weight excluding hydrogens is 461 g/mol. The lowest BCUT2D eigenvalue weighted by molar-refractivity contribution is -0.141. The van der Waals surface area contributed by atoms with E-state index in [-0.39, 0.29) is 11.0 Å². The molecule has 1 N–H and O–H groups in total. The molecule has 32 heavy (non-hydrogen) atoms. The van der Waals surface area contributed by atoms with Crippen LogP contribution in [-0.4, -0.2) is 23.6 Å². The van der Waals surface area contributed by atoms with Crippen molar-refractivity contribution in [2.45, 2.75) is 17.0 Å². The van der Waals surface area contributed by atoms with Crippen LogP contribution in [-0.2, 0) is 16.2 Å². The first-order valence-electron chi connectivity index (χ1n) is 9.23. The smallest absolute Gasteiger partial charge is 0.253 e. The lowest BCUT2D eigenvalue weighted by atomic mass is 9.92. The SMILES string of the molecule is O=S(=O)(Nc1nnc(C(c2ccccc2)c2ccccc2)s1)c1ccc(C(F)(F)F)nc1. The number of sulfonamides is 1. The van der Waals surface area contributed by atoms with Gasteiger partial charge in [-0.25, -0.2) is 8.42 Å². The van der Waals surface area contributed by atoms with Gasteiger partial charge in [0.15, 0.2) is 0 Å². The van der Waals surface area contributed by atoms with Gasteiger partial charge in [-0.05, 0) is 23.3 Å². The molecule has 0 unspecified atom stereocenters. The minimum Gasteiger partial charge on any atom is -0.253 e. The second kappa shape index (κ2) is 8.67. The number of hydrogen-bond acceptors (Lipinski definition) is 6. The maximum atomic E-state index is 12.7. The van der Waals surface area contributed by atoms with Gasteiger partial charge in [0.2, 0.25) is 5.13 Å². The highest BCUT2D eigenvalue weighted by atomic mass is 32.2. The van der Waals surface area contributed by atoms with Crippen LogP contribution in [0, 0.1) is 0 Å². The number of rotatable bonds is 6. The molecule has 0 aliphatic heterocycles. The molecule has 0 spiro atoms. The molecule has 6 nitrogen and oxygen atoms in total. The zero-order valence-electron chi connectivity index (χ0n) is 16.2. The first kappa shape index (κ1) is 21.9. The largest absolute Gasteiger partial charge is 0.433 e. The molecule has 0 fully saturated rings. The van der Waals surface area contributed by atoms with Crippen molar-refractivity contribution < 1.29 is 21.6 Å². The monoisotopic (exact) mass is 476 g/mol. The van der Waals surface area contributed by atoms with Crippen molar-refractivity contribution in [3.8, 4) is 0 Å². The van der Waals surface area contributed by atoms with Crippen LogP contribution in [0.1, 0.15) is 27.7 Å². The Kier molecular flexibility index (Phi) is 5.94. The molecule has 164 valence electrons. The van der Waals surface area contributed by atoms with E-state index in [1.807, 2.05) is 60.7 Å². The maximum Gasteiger partial charge on any atom is 0.433 e. The van der Waals surface area contributed by atoms with Gasteiger partial charge in [-0.1, -0.05) is 72.0 Å². The summed E-state index contributed by atoms with van der Waals surface area (Å²) < 4.78 is 65.5. The van der Waals surface area contributed by atoms with Crippen molar-refractivity contribution >= 4 is 26.5 Å². The van der Waals surface area contributed by atoms with E-state index in [0.717, 1.165) is 28.5 Å². The minimum atomic E-state index is -4.66. The van der Waals surface area contributed by atoms with Gasteiger partial charge in [0.05, 0.1) is 5.92 Å². The van der Waals surface area contributed by atoms with Gasteiger partial charge in [0, 0.05) is 6.20 Å². The highest BCUT2D eigenvalue weighted by Crippen LogP contribution is 2.35. The number of alkyl halides is 3. The quantitative estimate of drug-likeness (QED) is 0.426. The van der Waals surface area contributed by atoms with Crippen LogP contribution in [0.15, 0.2) is 83.9 Å². The van der Waals surface area contributed by atoms with E-state index in [1.165, 1.54) is 0 Å². The van der Waals surface area contributed by atoms with Gasteiger partial charge in [0.25, 0.3) is 10.0 Å². The molecule has 2 aromatic heterocycles. The van der Waals surface area contributed by atoms with E-state index in [9.17, 15) is 21.6 Å². The summed E-state index contributed by atoms with van der Waals surface area (Å²) in [4.78, 5) is 2.78. The van der Waals surface area contributed by atoms with Gasteiger partial charge in [-0.2, -0.15) is 13.2 Å². The number of hydrogen-bond donors (Lipinski definition) is 1. The second-order valence-electron chi connectivity index (χ2n) is 6.68. The fourth-order valence-corrected chi connectivity index (χ4v) is 5.12. The van der Waals surface area contributed by atoms with Gasteiger partial charge in [-0.3, -0.25) is 9.71 Å². The van der Waals surface area contributed by atoms with Crippen molar-refractivity contribution in [2.24, 2.45) is 0 Å². The Morgan fingerprint density at radius 2 is 1.44 bits per heavy atom. The summed E-state index contributed by atoms with van der Waals surface area (Å²) in [6.45, 7) is 0. The van der Waals surface area contributed by atoms with Gasteiger partial charge >= 0.3 is 6.18 Å². The fourth-order valence-electron chi connectivity index (χ4n) is 3.04. The predicted molar refractivity (Wildman–Crippen MR) is 114 cm³/mol. The number of halogens is 3. The first-order valence-corrected chi connectivity index (χ1v) is 11.5. The molecule has 2 aromatic carbocycles. The van der Waals surface area contributed by atoms with Crippen LogP contribution in [0.5, 0.6) is 0 Å². The van der Waals surface area contributed by atoms with Crippen molar-refractivity contribution in [1.82, 2.24) is 15.2 Å². The van der Waals surface area contributed by atoms with E-state index in [0.29, 0.717) is 17.3 Å². The highest BCUT2D eigenvalue weighted by molar-refractivity contribution is 7.93.